The van der Waals surface area contributed by atoms with Gasteiger partial charge in [0, 0.05) is 43.8 Å². The van der Waals surface area contributed by atoms with Crippen LogP contribution in [0.5, 0.6) is 11.5 Å². The number of hydrogen-bond acceptors (Lipinski definition) is 6. The molecule has 1 fully saturated rings. The van der Waals surface area contributed by atoms with Crippen molar-refractivity contribution in [2.24, 2.45) is 10.4 Å². The van der Waals surface area contributed by atoms with E-state index in [-0.39, 0.29) is 5.97 Å². The Bertz CT molecular complexity index is 1060. The molecule has 33 heavy (non-hydrogen) atoms. The monoisotopic (exact) mass is 469 g/mol. The molecule has 6 nitrogen and oxygen atoms in total. The minimum atomic E-state index is -0.537. The van der Waals surface area contributed by atoms with Gasteiger partial charge in [-0.05, 0) is 50.1 Å². The molecule has 0 bridgehead atoms. The Balaban J connectivity index is 1.60. The Labute approximate surface area is 201 Å². The molecule has 0 aromatic heterocycles. The molecule has 0 unspecified atom stereocenters. The van der Waals surface area contributed by atoms with Gasteiger partial charge in [-0.1, -0.05) is 31.0 Å². The smallest absolute Gasteiger partial charge is 0.312 e. The van der Waals surface area contributed by atoms with Gasteiger partial charge in [-0.15, -0.1) is 0 Å². The Morgan fingerprint density at radius 2 is 1.88 bits per heavy atom. The molecule has 7 heteroatoms. The Kier molecular flexibility index (Phi) is 6.96. The highest BCUT2D eigenvalue weighted by Crippen LogP contribution is 2.40. The largest absolute Gasteiger partial charge is 0.469 e. The average Bonchev–Trinajstić information content (AvgIpc) is 2.95. The number of esters is 1. The predicted octanol–water partition coefficient (Wildman–Crippen LogP) is 5.29. The Morgan fingerprint density at radius 1 is 1.12 bits per heavy atom. The van der Waals surface area contributed by atoms with Crippen LogP contribution in [0, 0.1) is 5.41 Å². The number of benzene rings is 2. The number of aliphatic imine (C=N–C) groups is 1. The number of amidine groups is 1. The first kappa shape index (κ1) is 23.6. The number of piperazine rings is 1. The van der Waals surface area contributed by atoms with Crippen molar-refractivity contribution in [1.82, 2.24) is 9.80 Å². The van der Waals surface area contributed by atoms with Crippen LogP contribution in [0.3, 0.4) is 0 Å². The van der Waals surface area contributed by atoms with Crippen LogP contribution >= 0.6 is 11.6 Å². The fourth-order valence-corrected chi connectivity index (χ4v) is 4.66. The second-order valence-electron chi connectivity index (χ2n) is 9.37. The number of carbonyl (C=O) groups is 1. The molecule has 2 aromatic rings. The van der Waals surface area contributed by atoms with Crippen molar-refractivity contribution in [2.45, 2.75) is 33.6 Å². The van der Waals surface area contributed by atoms with Crippen molar-refractivity contribution in [3.63, 3.8) is 0 Å². The first-order valence-corrected chi connectivity index (χ1v) is 11.9. The summed E-state index contributed by atoms with van der Waals surface area (Å²) < 4.78 is 11.3. The Hall–Kier alpha value is -2.57. The zero-order valence-electron chi connectivity index (χ0n) is 19.9. The van der Waals surface area contributed by atoms with Crippen molar-refractivity contribution >= 4 is 29.1 Å². The van der Waals surface area contributed by atoms with E-state index in [9.17, 15) is 4.79 Å². The third-order valence-corrected chi connectivity index (χ3v) is 6.46. The summed E-state index contributed by atoms with van der Waals surface area (Å²) in [4.78, 5) is 21.8. The molecule has 0 atom stereocenters. The molecule has 1 saturated heterocycles. The fourth-order valence-electron chi connectivity index (χ4n) is 4.49. The van der Waals surface area contributed by atoms with E-state index in [1.165, 1.54) is 12.7 Å². The van der Waals surface area contributed by atoms with Gasteiger partial charge in [-0.3, -0.25) is 9.69 Å². The summed E-state index contributed by atoms with van der Waals surface area (Å²) >= 11 is 6.25. The van der Waals surface area contributed by atoms with Crippen LogP contribution in [-0.4, -0.2) is 61.4 Å². The third kappa shape index (κ3) is 5.17. The van der Waals surface area contributed by atoms with E-state index in [0.717, 1.165) is 61.9 Å². The minimum absolute atomic E-state index is 0.178. The standard InChI is InChI=1S/C26H32ClN3O3/c1-5-6-18-7-9-20-22(15-18)33-23-16-19(27)8-10-21(23)28-24(20)30-13-11-29(12-14-30)17-26(2,3)25(31)32-4/h7-10,15-16H,5-6,11-14,17H2,1-4H3. The van der Waals surface area contributed by atoms with Gasteiger partial charge in [0.1, 0.15) is 17.3 Å². The molecule has 0 amide bonds. The van der Waals surface area contributed by atoms with Crippen LogP contribution in [0.25, 0.3) is 0 Å². The van der Waals surface area contributed by atoms with Gasteiger partial charge >= 0.3 is 5.97 Å². The first-order valence-electron chi connectivity index (χ1n) is 11.6. The highest BCUT2D eigenvalue weighted by atomic mass is 35.5. The van der Waals surface area contributed by atoms with Crippen LogP contribution in [0.15, 0.2) is 41.4 Å². The molecule has 2 aliphatic heterocycles. The number of aryl methyl sites for hydroxylation is 1. The number of ether oxygens (including phenoxy) is 2. The van der Waals surface area contributed by atoms with E-state index in [1.54, 1.807) is 0 Å². The first-order chi connectivity index (χ1) is 15.8. The number of fused-ring (bicyclic) bond motifs is 2. The van der Waals surface area contributed by atoms with E-state index in [1.807, 2.05) is 32.0 Å². The average molecular weight is 470 g/mol. The molecular weight excluding hydrogens is 438 g/mol. The van der Waals surface area contributed by atoms with E-state index in [4.69, 9.17) is 26.1 Å². The van der Waals surface area contributed by atoms with Gasteiger partial charge in [-0.25, -0.2) is 4.99 Å². The maximum Gasteiger partial charge on any atom is 0.312 e. The van der Waals surface area contributed by atoms with Gasteiger partial charge in [-0.2, -0.15) is 0 Å². The molecule has 0 saturated carbocycles. The number of rotatable bonds is 5. The van der Waals surface area contributed by atoms with Crippen LogP contribution in [0.1, 0.15) is 38.3 Å². The number of halogens is 1. The number of methoxy groups -OCH3 is 1. The van der Waals surface area contributed by atoms with Gasteiger partial charge < -0.3 is 14.4 Å². The summed E-state index contributed by atoms with van der Waals surface area (Å²) in [7, 11) is 1.45. The van der Waals surface area contributed by atoms with E-state index < -0.39 is 5.41 Å². The van der Waals surface area contributed by atoms with Gasteiger partial charge in [0.2, 0.25) is 0 Å². The normalized spacial score (nSPS) is 16.3. The molecule has 2 aromatic carbocycles. The van der Waals surface area contributed by atoms with Crippen molar-refractivity contribution in [3.05, 3.63) is 52.5 Å². The molecular formula is C26H32ClN3O3. The lowest BCUT2D eigenvalue weighted by Crippen LogP contribution is -2.52. The van der Waals surface area contributed by atoms with Crippen molar-refractivity contribution in [1.29, 1.82) is 0 Å². The lowest BCUT2D eigenvalue weighted by molar-refractivity contribution is -0.152. The molecule has 0 N–H and O–H groups in total. The van der Waals surface area contributed by atoms with Crippen LogP contribution in [0.2, 0.25) is 5.02 Å². The molecule has 0 aliphatic carbocycles. The molecule has 2 aliphatic rings. The van der Waals surface area contributed by atoms with E-state index >= 15 is 0 Å². The predicted molar refractivity (Wildman–Crippen MR) is 132 cm³/mol. The Morgan fingerprint density at radius 3 is 2.58 bits per heavy atom. The third-order valence-electron chi connectivity index (χ3n) is 6.22. The molecule has 176 valence electrons. The molecule has 4 rings (SSSR count). The SMILES string of the molecule is CCCc1ccc2c(c1)Oc1cc(Cl)ccc1N=C2N1CCN(CC(C)(C)C(=O)OC)CC1. The van der Waals surface area contributed by atoms with Crippen LogP contribution in [-0.2, 0) is 16.0 Å². The number of hydrogen-bond donors (Lipinski definition) is 0. The highest BCUT2D eigenvalue weighted by Gasteiger charge is 2.33. The van der Waals surface area contributed by atoms with E-state index in [2.05, 4.69) is 34.9 Å². The summed E-state index contributed by atoms with van der Waals surface area (Å²) in [5.41, 5.74) is 2.48. The minimum Gasteiger partial charge on any atom is -0.469 e. The molecule has 0 radical (unpaired) electrons. The summed E-state index contributed by atoms with van der Waals surface area (Å²) in [6.07, 6.45) is 2.08. The second kappa shape index (κ2) is 9.74. The number of carbonyl (C=O) groups excluding carboxylic acids is 1. The zero-order valence-corrected chi connectivity index (χ0v) is 20.6. The van der Waals surface area contributed by atoms with E-state index in [0.29, 0.717) is 17.3 Å². The number of nitrogens with zero attached hydrogens (tertiary/aromatic N) is 3. The van der Waals surface area contributed by atoms with Crippen molar-refractivity contribution in [2.75, 3.05) is 39.8 Å². The van der Waals surface area contributed by atoms with Crippen LogP contribution in [0.4, 0.5) is 5.69 Å². The van der Waals surface area contributed by atoms with Crippen molar-refractivity contribution in [3.8, 4) is 11.5 Å². The maximum atomic E-state index is 12.1. The van der Waals surface area contributed by atoms with Crippen LogP contribution < -0.4 is 4.74 Å². The second-order valence-corrected chi connectivity index (χ2v) is 9.81. The molecule has 0 spiro atoms. The zero-order chi connectivity index (χ0) is 23.6. The maximum absolute atomic E-state index is 12.1. The lowest BCUT2D eigenvalue weighted by Gasteiger charge is -2.39. The summed E-state index contributed by atoms with van der Waals surface area (Å²) in [6, 6.07) is 12.0. The quantitative estimate of drug-likeness (QED) is 0.556. The van der Waals surface area contributed by atoms with Gasteiger partial charge in [0.15, 0.2) is 5.75 Å². The fraction of sp³-hybridized carbons (Fsp3) is 0.462. The summed E-state index contributed by atoms with van der Waals surface area (Å²) in [6.45, 7) is 10.0. The van der Waals surface area contributed by atoms with Crippen molar-refractivity contribution < 1.29 is 14.3 Å². The van der Waals surface area contributed by atoms with Gasteiger partial charge in [0.25, 0.3) is 0 Å². The summed E-state index contributed by atoms with van der Waals surface area (Å²) in [5.74, 6) is 2.23. The highest BCUT2D eigenvalue weighted by molar-refractivity contribution is 6.30. The summed E-state index contributed by atoms with van der Waals surface area (Å²) in [5, 5.41) is 0.625. The van der Waals surface area contributed by atoms with Gasteiger partial charge in [0.05, 0.1) is 18.1 Å². The topological polar surface area (TPSA) is 54.4 Å². The molecule has 2 heterocycles. The lowest BCUT2D eigenvalue weighted by atomic mass is 9.92.